The Morgan fingerprint density at radius 3 is 1.57 bits per heavy atom. The molecule has 1 aliphatic carbocycles. The quantitative estimate of drug-likeness (QED) is 0.443. The molecule has 0 nitrogen and oxygen atoms in total. The molecular weight excluding hydrogens is 205 g/mol. The van der Waals surface area contributed by atoms with E-state index in [4.69, 9.17) is 0 Å². The van der Waals surface area contributed by atoms with Crippen LogP contribution in [0.4, 0.5) is 0 Å². The van der Waals surface area contributed by atoms with Gasteiger partial charge in [0.1, 0.15) is 0 Å². The van der Waals surface area contributed by atoms with E-state index in [2.05, 4.69) is 6.42 Å². The molecule has 0 saturated heterocycles. The van der Waals surface area contributed by atoms with E-state index < -0.39 is 0 Å². The van der Waals surface area contributed by atoms with E-state index in [1.54, 1.807) is 0 Å². The zero-order valence-electron chi connectivity index (χ0n) is 4.49. The molecule has 0 aromatic carbocycles. The summed E-state index contributed by atoms with van der Waals surface area (Å²) in [4.78, 5) is 0. The van der Waals surface area contributed by atoms with Crippen LogP contribution in [0.2, 0.25) is 0 Å². The van der Waals surface area contributed by atoms with Gasteiger partial charge in [-0.2, -0.15) is 0 Å². The molecule has 1 saturated carbocycles. The number of halogens is 1. The van der Waals surface area contributed by atoms with Crippen LogP contribution in [-0.4, -0.2) is 0 Å². The molecule has 0 amide bonds. The first kappa shape index (κ1) is 11.0. The van der Waals surface area contributed by atoms with Crippen molar-refractivity contribution in [3.63, 3.8) is 0 Å². The molecule has 1 radical (unpaired) electrons. The Morgan fingerprint density at radius 1 is 1.00 bits per heavy atom. The van der Waals surface area contributed by atoms with Gasteiger partial charge in [-0.3, -0.25) is 0 Å². The van der Waals surface area contributed by atoms with Gasteiger partial charge in [0.15, 0.2) is 0 Å². The van der Waals surface area contributed by atoms with Crippen LogP contribution >= 0.6 is 0 Å². The van der Waals surface area contributed by atoms with Crippen LogP contribution in [0.5, 0.6) is 0 Å². The van der Waals surface area contributed by atoms with E-state index in [9.17, 15) is 0 Å². The summed E-state index contributed by atoms with van der Waals surface area (Å²) in [6, 6.07) is 0. The SMILES string of the molecule is [Br-].[CH]1CCCC1.[Zn]. The van der Waals surface area contributed by atoms with Crippen molar-refractivity contribution >= 4 is 0 Å². The summed E-state index contributed by atoms with van der Waals surface area (Å²) < 4.78 is 0. The summed E-state index contributed by atoms with van der Waals surface area (Å²) in [5.74, 6) is 0. The molecule has 0 heterocycles. The van der Waals surface area contributed by atoms with Crippen LogP contribution in [0.1, 0.15) is 25.7 Å². The van der Waals surface area contributed by atoms with Crippen molar-refractivity contribution < 1.29 is 36.5 Å². The van der Waals surface area contributed by atoms with Crippen molar-refractivity contribution in [2.24, 2.45) is 0 Å². The minimum Gasteiger partial charge on any atom is -1.00 e. The van der Waals surface area contributed by atoms with Crippen LogP contribution < -0.4 is 17.0 Å². The van der Waals surface area contributed by atoms with Gasteiger partial charge in [-0.1, -0.05) is 25.7 Å². The molecule has 0 bridgehead atoms. The van der Waals surface area contributed by atoms with E-state index >= 15 is 0 Å². The van der Waals surface area contributed by atoms with Crippen molar-refractivity contribution in [2.45, 2.75) is 25.7 Å². The van der Waals surface area contributed by atoms with Gasteiger partial charge in [0.2, 0.25) is 0 Å². The molecule has 2 heteroatoms. The fourth-order valence-corrected chi connectivity index (χ4v) is 0.722. The topological polar surface area (TPSA) is 0 Å². The number of hydrogen-bond acceptors (Lipinski definition) is 0. The van der Waals surface area contributed by atoms with E-state index in [1.807, 2.05) is 0 Å². The molecule has 0 spiro atoms. The third-order valence-corrected chi connectivity index (χ3v) is 1.07. The molecule has 0 unspecified atom stereocenters. The predicted molar refractivity (Wildman–Crippen MR) is 22.8 cm³/mol. The molecule has 0 atom stereocenters. The Morgan fingerprint density at radius 2 is 1.43 bits per heavy atom. The zero-order valence-corrected chi connectivity index (χ0v) is 9.04. The number of hydrogen-bond donors (Lipinski definition) is 0. The van der Waals surface area contributed by atoms with Gasteiger partial charge in [-0.25, -0.2) is 0 Å². The van der Waals surface area contributed by atoms with E-state index in [1.165, 1.54) is 25.7 Å². The van der Waals surface area contributed by atoms with Gasteiger partial charge in [-0.15, -0.1) is 0 Å². The summed E-state index contributed by atoms with van der Waals surface area (Å²) in [5.41, 5.74) is 0. The fraction of sp³-hybridized carbons (Fsp3) is 0.800. The van der Waals surface area contributed by atoms with Gasteiger partial charge in [0.05, 0.1) is 0 Å². The molecule has 0 aromatic rings. The van der Waals surface area contributed by atoms with E-state index in [-0.39, 0.29) is 36.5 Å². The van der Waals surface area contributed by atoms with Crippen LogP contribution in [0, 0.1) is 6.42 Å². The van der Waals surface area contributed by atoms with Crippen molar-refractivity contribution in [1.82, 2.24) is 0 Å². The third-order valence-electron chi connectivity index (χ3n) is 1.07. The Labute approximate surface area is 68.6 Å². The summed E-state index contributed by atoms with van der Waals surface area (Å²) in [5, 5.41) is 0. The smallest absolute Gasteiger partial charge is 0 e. The van der Waals surface area contributed by atoms with Gasteiger partial charge >= 0.3 is 0 Å². The third kappa shape index (κ3) is 4.97. The maximum Gasteiger partial charge on any atom is 0 e. The summed E-state index contributed by atoms with van der Waals surface area (Å²) in [7, 11) is 0. The van der Waals surface area contributed by atoms with Crippen LogP contribution in [0.25, 0.3) is 0 Å². The monoisotopic (exact) mass is 212 g/mol. The Balaban J connectivity index is 0. The summed E-state index contributed by atoms with van der Waals surface area (Å²) >= 11 is 0. The van der Waals surface area contributed by atoms with E-state index in [0.717, 1.165) is 0 Å². The molecule has 1 rings (SSSR count). The molecule has 0 N–H and O–H groups in total. The van der Waals surface area contributed by atoms with E-state index in [0.29, 0.717) is 0 Å². The van der Waals surface area contributed by atoms with Gasteiger partial charge in [0, 0.05) is 19.5 Å². The fourth-order valence-electron chi connectivity index (χ4n) is 0.722. The van der Waals surface area contributed by atoms with Gasteiger partial charge in [0.25, 0.3) is 0 Å². The summed E-state index contributed by atoms with van der Waals surface area (Å²) in [6.45, 7) is 0. The van der Waals surface area contributed by atoms with Crippen molar-refractivity contribution in [3.8, 4) is 0 Å². The maximum absolute atomic E-state index is 2.36. The first-order valence-corrected chi connectivity index (χ1v) is 2.32. The molecule has 1 fully saturated rings. The first-order valence-electron chi connectivity index (χ1n) is 2.32. The van der Waals surface area contributed by atoms with Gasteiger partial charge < -0.3 is 17.0 Å². The minimum absolute atomic E-state index is 0. The largest absolute Gasteiger partial charge is 1.00 e. The molecule has 0 aliphatic heterocycles. The zero-order chi connectivity index (χ0) is 3.54. The molecule has 7 heavy (non-hydrogen) atoms. The average Bonchev–Trinajstić information content (AvgIpc) is 1.76. The second-order valence-electron chi connectivity index (χ2n) is 1.57. The van der Waals surface area contributed by atoms with Crippen LogP contribution in [0.15, 0.2) is 0 Å². The molecular formula is C5H9BrZn-. The number of rotatable bonds is 0. The van der Waals surface area contributed by atoms with Crippen molar-refractivity contribution in [1.29, 1.82) is 0 Å². The Bertz CT molecular complexity index is 19.7. The normalized spacial score (nSPS) is 17.1. The van der Waals surface area contributed by atoms with Crippen LogP contribution in [-0.2, 0) is 19.5 Å². The molecule has 1 aliphatic rings. The van der Waals surface area contributed by atoms with Crippen molar-refractivity contribution in [2.75, 3.05) is 0 Å². The maximum atomic E-state index is 2.36. The predicted octanol–water partition coefficient (Wildman–Crippen LogP) is -1.23. The average molecular weight is 214 g/mol. The first-order chi connectivity index (χ1) is 2.50. The Hall–Kier alpha value is 1.10. The second-order valence-corrected chi connectivity index (χ2v) is 1.57. The van der Waals surface area contributed by atoms with Crippen LogP contribution in [0.3, 0.4) is 0 Å². The van der Waals surface area contributed by atoms with Gasteiger partial charge in [-0.05, 0) is 6.42 Å². The second kappa shape index (κ2) is 7.10. The summed E-state index contributed by atoms with van der Waals surface area (Å²) in [6.07, 6.45) is 8.00. The molecule has 39 valence electrons. The Kier molecular flexibility index (Phi) is 11.1. The molecule has 0 aromatic heterocycles. The minimum atomic E-state index is 0. The standard InChI is InChI=1S/C5H9.BrH.Zn/c1-2-4-5-3-1;;/h1H,2-5H2;1H;/p-1. The van der Waals surface area contributed by atoms with Crippen molar-refractivity contribution in [3.05, 3.63) is 6.42 Å².